The number of amides is 1. The van der Waals surface area contributed by atoms with E-state index < -0.39 is 0 Å². The van der Waals surface area contributed by atoms with Crippen molar-refractivity contribution in [3.05, 3.63) is 29.3 Å². The monoisotopic (exact) mass is 660 g/mol. The van der Waals surface area contributed by atoms with Gasteiger partial charge in [0.1, 0.15) is 0 Å². The maximum Gasteiger partial charge on any atom is 0.302 e. The maximum atomic E-state index is 12.7. The molecule has 268 valence electrons. The fourth-order valence-electron chi connectivity index (χ4n) is 4.61. The third-order valence-corrected chi connectivity index (χ3v) is 7.54. The highest BCUT2D eigenvalue weighted by Gasteiger charge is 2.24. The van der Waals surface area contributed by atoms with Crippen LogP contribution in [0.1, 0.15) is 132 Å². The van der Waals surface area contributed by atoms with Gasteiger partial charge in [0.05, 0.1) is 17.9 Å². The number of carbonyl (C=O) groups is 2. The quantitative estimate of drug-likeness (QED) is 0.104. The van der Waals surface area contributed by atoms with E-state index in [2.05, 4.69) is 68.6 Å². The van der Waals surface area contributed by atoms with Crippen LogP contribution in [0.5, 0.6) is 0 Å². The van der Waals surface area contributed by atoms with Crippen LogP contribution in [0.3, 0.4) is 0 Å². The first kappa shape index (κ1) is 41.9. The zero-order valence-corrected chi connectivity index (χ0v) is 31.4. The number of hydrogen-bond acceptors (Lipinski definition) is 9. The van der Waals surface area contributed by atoms with Crippen LogP contribution in [0.2, 0.25) is 0 Å². The molecule has 0 aromatic carbocycles. The number of aromatic nitrogens is 5. The molecule has 2 N–H and O–H groups in total. The summed E-state index contributed by atoms with van der Waals surface area (Å²) in [6.07, 6.45) is 9.08. The van der Waals surface area contributed by atoms with Crippen molar-refractivity contribution in [1.29, 1.82) is 0 Å². The first-order valence-electron chi connectivity index (χ1n) is 17.7. The molecule has 47 heavy (non-hydrogen) atoms. The van der Waals surface area contributed by atoms with E-state index in [9.17, 15) is 9.59 Å². The van der Waals surface area contributed by atoms with Crippen molar-refractivity contribution in [3.8, 4) is 0 Å². The number of aryl methyl sites for hydroxylation is 3. The number of ether oxygens (including phenoxy) is 2. The van der Waals surface area contributed by atoms with Gasteiger partial charge in [-0.15, -0.1) is 5.10 Å². The Labute approximate surface area is 284 Å². The van der Waals surface area contributed by atoms with Crippen molar-refractivity contribution in [2.75, 3.05) is 25.1 Å². The van der Waals surface area contributed by atoms with E-state index in [1.165, 1.54) is 6.92 Å². The number of nitrogens with one attached hydrogen (secondary N) is 2. The molecule has 11 heteroatoms. The van der Waals surface area contributed by atoms with Crippen molar-refractivity contribution in [3.63, 3.8) is 0 Å². The Morgan fingerprint density at radius 2 is 1.51 bits per heavy atom. The molecule has 0 fully saturated rings. The smallest absolute Gasteiger partial charge is 0.302 e. The second-order valence-electron chi connectivity index (χ2n) is 14.2. The standard InChI is InChI=1S/C34H59N7O4.C2H6/c1-25(2)12-14-28-23-29(15-13-26(3)4)37-32(36-28)35-19-10-11-31(43)38-33(6,7)18-22-45-34(8,9)17-20-41-24-30(39-40-41)16-21-44-27(5)42;1-2/h23-26H,10-22H2,1-9H3,(H,38,43)(H,35,36,37);1-2H3. The summed E-state index contributed by atoms with van der Waals surface area (Å²) in [7, 11) is 0. The van der Waals surface area contributed by atoms with Crippen molar-refractivity contribution < 1.29 is 19.1 Å². The summed E-state index contributed by atoms with van der Waals surface area (Å²) >= 11 is 0. The number of esters is 1. The molecule has 0 aliphatic rings. The summed E-state index contributed by atoms with van der Waals surface area (Å²) in [5.41, 5.74) is 2.21. The first-order valence-corrected chi connectivity index (χ1v) is 17.7. The van der Waals surface area contributed by atoms with Gasteiger partial charge in [-0.1, -0.05) is 46.8 Å². The van der Waals surface area contributed by atoms with Crippen LogP contribution in [-0.4, -0.2) is 67.7 Å². The average Bonchev–Trinajstić information content (AvgIpc) is 3.44. The van der Waals surface area contributed by atoms with Crippen molar-refractivity contribution in [2.24, 2.45) is 11.8 Å². The summed E-state index contributed by atoms with van der Waals surface area (Å²) in [5.74, 6) is 1.65. The molecule has 2 rings (SSSR count). The number of nitrogens with zero attached hydrogens (tertiary/aromatic N) is 5. The third kappa shape index (κ3) is 20.0. The second kappa shape index (κ2) is 21.7. The van der Waals surface area contributed by atoms with Crippen LogP contribution in [0.15, 0.2) is 12.3 Å². The molecule has 11 nitrogen and oxygen atoms in total. The van der Waals surface area contributed by atoms with Gasteiger partial charge < -0.3 is 20.1 Å². The highest BCUT2D eigenvalue weighted by atomic mass is 16.5. The molecule has 2 aromatic heterocycles. The zero-order valence-electron chi connectivity index (χ0n) is 31.4. The lowest BCUT2D eigenvalue weighted by Crippen LogP contribution is -2.44. The SMILES string of the molecule is CC.CC(=O)OCCc1cn(CCC(C)(C)OCCC(C)(C)NC(=O)CCCNc2nc(CCC(C)C)cc(CCC(C)C)n2)nn1. The minimum absolute atomic E-state index is 0.0287. The fraction of sp³-hybridized carbons (Fsp3) is 0.778. The number of carbonyl (C=O) groups excluding carboxylic acids is 2. The van der Waals surface area contributed by atoms with Crippen molar-refractivity contribution in [1.82, 2.24) is 30.3 Å². The van der Waals surface area contributed by atoms with Gasteiger partial charge in [0.2, 0.25) is 11.9 Å². The second-order valence-corrected chi connectivity index (χ2v) is 14.2. The van der Waals surface area contributed by atoms with E-state index in [-0.39, 0.29) is 23.0 Å². The predicted molar refractivity (Wildman–Crippen MR) is 189 cm³/mol. The van der Waals surface area contributed by atoms with Crippen LogP contribution in [0.25, 0.3) is 0 Å². The molecule has 2 aromatic rings. The lowest BCUT2D eigenvalue weighted by molar-refractivity contribution is -0.140. The van der Waals surface area contributed by atoms with E-state index >= 15 is 0 Å². The van der Waals surface area contributed by atoms with Crippen LogP contribution >= 0.6 is 0 Å². The number of anilines is 1. The Morgan fingerprint density at radius 3 is 2.09 bits per heavy atom. The lowest BCUT2D eigenvalue weighted by Gasteiger charge is -2.30. The van der Waals surface area contributed by atoms with Gasteiger partial charge in [-0.3, -0.25) is 14.3 Å². The van der Waals surface area contributed by atoms with E-state index in [1.807, 2.05) is 33.9 Å². The van der Waals surface area contributed by atoms with Crippen molar-refractivity contribution in [2.45, 2.75) is 152 Å². The van der Waals surface area contributed by atoms with E-state index in [0.717, 1.165) is 49.2 Å². The molecule has 0 radical (unpaired) electrons. The fourth-order valence-corrected chi connectivity index (χ4v) is 4.61. The van der Waals surface area contributed by atoms with E-state index in [4.69, 9.17) is 19.4 Å². The molecule has 0 aliphatic carbocycles. The van der Waals surface area contributed by atoms with Crippen molar-refractivity contribution >= 4 is 17.8 Å². The molecule has 0 aliphatic heterocycles. The normalized spacial score (nSPS) is 11.8. The highest BCUT2D eigenvalue weighted by molar-refractivity contribution is 5.76. The van der Waals surface area contributed by atoms with Crippen LogP contribution in [-0.2, 0) is 44.9 Å². The molecule has 0 unspecified atom stereocenters. The Morgan fingerprint density at radius 1 is 0.894 bits per heavy atom. The minimum Gasteiger partial charge on any atom is -0.465 e. The Bertz CT molecular complexity index is 1150. The van der Waals surface area contributed by atoms with Gasteiger partial charge in [-0.2, -0.15) is 0 Å². The maximum absolute atomic E-state index is 12.7. The lowest BCUT2D eigenvalue weighted by atomic mass is 10.00. The molecular weight excluding hydrogens is 594 g/mol. The summed E-state index contributed by atoms with van der Waals surface area (Å²) < 4.78 is 13.0. The van der Waals surface area contributed by atoms with Gasteiger partial charge in [0.15, 0.2) is 0 Å². The summed E-state index contributed by atoms with van der Waals surface area (Å²) in [6.45, 7) is 24.6. The molecule has 0 bridgehead atoms. The van der Waals surface area contributed by atoms with Crippen LogP contribution in [0.4, 0.5) is 5.95 Å². The highest BCUT2D eigenvalue weighted by Crippen LogP contribution is 2.19. The molecule has 0 saturated heterocycles. The molecule has 0 spiro atoms. The van der Waals surface area contributed by atoms with Gasteiger partial charge in [-0.25, -0.2) is 9.97 Å². The van der Waals surface area contributed by atoms with Gasteiger partial charge in [0.25, 0.3) is 0 Å². The Hall–Kier alpha value is -3.08. The first-order chi connectivity index (χ1) is 22.1. The van der Waals surface area contributed by atoms with E-state index in [1.54, 1.807) is 4.68 Å². The number of hydrogen-bond donors (Lipinski definition) is 2. The summed E-state index contributed by atoms with van der Waals surface area (Å²) in [5, 5.41) is 14.8. The Kier molecular flexibility index (Phi) is 19.4. The molecular formula is C36H65N7O4. The third-order valence-electron chi connectivity index (χ3n) is 7.54. The van der Waals surface area contributed by atoms with Gasteiger partial charge in [-0.05, 0) is 90.5 Å². The molecule has 2 heterocycles. The van der Waals surface area contributed by atoms with Crippen LogP contribution < -0.4 is 10.6 Å². The largest absolute Gasteiger partial charge is 0.465 e. The van der Waals surface area contributed by atoms with E-state index in [0.29, 0.717) is 69.8 Å². The molecule has 0 atom stereocenters. The minimum atomic E-state index is -0.386. The predicted octanol–water partition coefficient (Wildman–Crippen LogP) is 6.74. The topological polar surface area (TPSA) is 133 Å². The summed E-state index contributed by atoms with van der Waals surface area (Å²) in [4.78, 5) is 33.2. The molecule has 0 saturated carbocycles. The molecule has 1 amide bonds. The zero-order chi connectivity index (χ0) is 35.5. The summed E-state index contributed by atoms with van der Waals surface area (Å²) in [6, 6.07) is 2.15. The van der Waals surface area contributed by atoms with Gasteiger partial charge in [0, 0.05) is 62.6 Å². The number of rotatable bonds is 22. The Balaban J connectivity index is 0.00000541. The van der Waals surface area contributed by atoms with Crippen LogP contribution in [0, 0.1) is 11.8 Å². The average molecular weight is 660 g/mol. The van der Waals surface area contributed by atoms with Gasteiger partial charge >= 0.3 is 5.97 Å².